The van der Waals surface area contributed by atoms with Crippen LogP contribution in [-0.2, 0) is 0 Å². The zero-order valence-electron chi connectivity index (χ0n) is 7.92. The van der Waals surface area contributed by atoms with Crippen molar-refractivity contribution >= 4 is 0 Å². The molecule has 0 aliphatic heterocycles. The van der Waals surface area contributed by atoms with Gasteiger partial charge in [0, 0.05) is 6.07 Å². The van der Waals surface area contributed by atoms with E-state index in [0.29, 0.717) is 0 Å². The Hall–Kier alpha value is -1.63. The summed E-state index contributed by atoms with van der Waals surface area (Å²) in [7, 11) is 0. The van der Waals surface area contributed by atoms with Gasteiger partial charge in [-0.15, -0.1) is 0 Å². The van der Waals surface area contributed by atoms with E-state index in [2.05, 4.69) is 6.07 Å². The second kappa shape index (κ2) is 3.62. The van der Waals surface area contributed by atoms with Gasteiger partial charge in [-0.25, -0.2) is 4.39 Å². The lowest BCUT2D eigenvalue weighted by Crippen LogP contribution is -1.81. The van der Waals surface area contributed by atoms with Gasteiger partial charge in [0.05, 0.1) is 0 Å². The first-order valence-corrected chi connectivity index (χ1v) is 4.50. The van der Waals surface area contributed by atoms with Crippen LogP contribution < -0.4 is 0 Å². The van der Waals surface area contributed by atoms with Crippen molar-refractivity contribution in [2.45, 2.75) is 6.92 Å². The maximum Gasteiger partial charge on any atom is 0.131 e. The highest BCUT2D eigenvalue weighted by Gasteiger charge is 1.98. The van der Waals surface area contributed by atoms with E-state index in [1.807, 2.05) is 37.3 Å². The highest BCUT2D eigenvalue weighted by Crippen LogP contribution is 2.20. The monoisotopic (exact) mass is 185 g/mol. The van der Waals surface area contributed by atoms with Gasteiger partial charge in [0.15, 0.2) is 0 Å². The summed E-state index contributed by atoms with van der Waals surface area (Å²) in [4.78, 5) is 0. The number of halogens is 1. The van der Waals surface area contributed by atoms with Gasteiger partial charge in [-0.1, -0.05) is 42.0 Å². The SMILES string of the molecule is Cc1cccc(-c2cc[c]c(F)c2)c1. The molecule has 2 aromatic carbocycles. The third kappa shape index (κ3) is 1.82. The van der Waals surface area contributed by atoms with Crippen molar-refractivity contribution in [2.24, 2.45) is 0 Å². The molecule has 0 amide bonds. The predicted molar refractivity (Wildman–Crippen MR) is 55.4 cm³/mol. The lowest BCUT2D eigenvalue weighted by atomic mass is 10.0. The molecule has 2 rings (SSSR count). The summed E-state index contributed by atoms with van der Waals surface area (Å²) in [6.45, 7) is 2.02. The molecule has 0 aliphatic rings. The van der Waals surface area contributed by atoms with Crippen LogP contribution in [0.25, 0.3) is 11.1 Å². The smallest absolute Gasteiger partial charge is 0.131 e. The summed E-state index contributed by atoms with van der Waals surface area (Å²) in [5.41, 5.74) is 3.11. The second-order valence-corrected chi connectivity index (χ2v) is 3.29. The highest BCUT2D eigenvalue weighted by atomic mass is 19.1. The third-order valence-electron chi connectivity index (χ3n) is 2.12. The molecule has 69 valence electrons. The predicted octanol–water partition coefficient (Wildman–Crippen LogP) is 3.60. The Morgan fingerprint density at radius 2 is 1.86 bits per heavy atom. The van der Waals surface area contributed by atoms with E-state index in [4.69, 9.17) is 0 Å². The lowest BCUT2D eigenvalue weighted by Gasteiger charge is -2.02. The molecule has 2 aromatic rings. The summed E-state index contributed by atoms with van der Waals surface area (Å²) in [6, 6.07) is 15.5. The second-order valence-electron chi connectivity index (χ2n) is 3.29. The minimum atomic E-state index is -0.316. The molecule has 1 radical (unpaired) electrons. The van der Waals surface area contributed by atoms with Crippen molar-refractivity contribution in [3.8, 4) is 11.1 Å². The molecule has 0 unspecified atom stereocenters. The molecule has 0 aliphatic carbocycles. The van der Waals surface area contributed by atoms with Crippen molar-refractivity contribution in [1.82, 2.24) is 0 Å². The fourth-order valence-corrected chi connectivity index (χ4v) is 1.44. The topological polar surface area (TPSA) is 0 Å². The molecule has 0 fully saturated rings. The maximum absolute atomic E-state index is 12.9. The van der Waals surface area contributed by atoms with Crippen LogP contribution in [-0.4, -0.2) is 0 Å². The van der Waals surface area contributed by atoms with Gasteiger partial charge >= 0.3 is 0 Å². The first-order valence-electron chi connectivity index (χ1n) is 4.50. The average Bonchev–Trinajstić information content (AvgIpc) is 2.18. The van der Waals surface area contributed by atoms with E-state index in [0.717, 1.165) is 11.1 Å². The van der Waals surface area contributed by atoms with E-state index >= 15 is 0 Å². The van der Waals surface area contributed by atoms with Crippen LogP contribution in [0.3, 0.4) is 0 Å². The number of benzene rings is 2. The number of hydrogen-bond donors (Lipinski definition) is 0. The first kappa shape index (κ1) is 8.95. The molecule has 0 bridgehead atoms. The fraction of sp³-hybridized carbons (Fsp3) is 0.0769. The summed E-state index contributed by atoms with van der Waals surface area (Å²) < 4.78 is 12.9. The fourth-order valence-electron chi connectivity index (χ4n) is 1.44. The minimum Gasteiger partial charge on any atom is -0.206 e. The molecule has 0 saturated heterocycles. The van der Waals surface area contributed by atoms with Gasteiger partial charge in [-0.3, -0.25) is 0 Å². The molecule has 0 heterocycles. The molecule has 0 spiro atoms. The quantitative estimate of drug-likeness (QED) is 0.636. The number of aryl methyl sites for hydroxylation is 1. The minimum absolute atomic E-state index is 0.316. The van der Waals surface area contributed by atoms with Gasteiger partial charge in [0.2, 0.25) is 0 Å². The van der Waals surface area contributed by atoms with E-state index in [9.17, 15) is 4.39 Å². The van der Waals surface area contributed by atoms with E-state index in [1.165, 1.54) is 11.6 Å². The number of rotatable bonds is 1. The van der Waals surface area contributed by atoms with Gasteiger partial charge in [-0.05, 0) is 24.1 Å². The molecule has 1 heteroatoms. The Kier molecular flexibility index (Phi) is 2.32. The Bertz CT molecular complexity index is 403. The molecule has 14 heavy (non-hydrogen) atoms. The standard InChI is InChI=1S/C13H10F/c1-10-4-2-5-11(8-10)12-6-3-7-13(14)9-12/h2-6,8-9H,1H3. The molecular weight excluding hydrogens is 175 g/mol. The Morgan fingerprint density at radius 3 is 2.57 bits per heavy atom. The normalized spacial score (nSPS) is 10.1. The Morgan fingerprint density at radius 1 is 1.07 bits per heavy atom. The van der Waals surface area contributed by atoms with E-state index < -0.39 is 0 Å². The van der Waals surface area contributed by atoms with Crippen LogP contribution in [0.5, 0.6) is 0 Å². The van der Waals surface area contributed by atoms with Gasteiger partial charge < -0.3 is 0 Å². The molecule has 0 atom stereocenters. The van der Waals surface area contributed by atoms with Crippen LogP contribution in [0, 0.1) is 18.8 Å². The van der Waals surface area contributed by atoms with Crippen LogP contribution in [0.4, 0.5) is 4.39 Å². The van der Waals surface area contributed by atoms with Crippen molar-refractivity contribution in [3.05, 3.63) is 59.9 Å². The Labute approximate surface area is 83.0 Å². The summed E-state index contributed by atoms with van der Waals surface area (Å²) in [6.07, 6.45) is 0. The van der Waals surface area contributed by atoms with Crippen molar-refractivity contribution in [2.75, 3.05) is 0 Å². The molecule has 0 N–H and O–H groups in total. The van der Waals surface area contributed by atoms with E-state index in [-0.39, 0.29) is 5.82 Å². The molecule has 0 nitrogen and oxygen atoms in total. The summed E-state index contributed by atoms with van der Waals surface area (Å²) >= 11 is 0. The Balaban J connectivity index is 2.49. The maximum atomic E-state index is 12.9. The average molecular weight is 185 g/mol. The first-order chi connectivity index (χ1) is 6.75. The largest absolute Gasteiger partial charge is 0.206 e. The zero-order chi connectivity index (χ0) is 9.97. The summed E-state index contributed by atoms with van der Waals surface area (Å²) in [5.74, 6) is -0.316. The van der Waals surface area contributed by atoms with E-state index in [1.54, 1.807) is 6.07 Å². The number of hydrogen-bond acceptors (Lipinski definition) is 0. The van der Waals surface area contributed by atoms with Crippen molar-refractivity contribution < 1.29 is 4.39 Å². The van der Waals surface area contributed by atoms with Gasteiger partial charge in [0.25, 0.3) is 0 Å². The van der Waals surface area contributed by atoms with Crippen molar-refractivity contribution in [1.29, 1.82) is 0 Å². The van der Waals surface area contributed by atoms with Crippen molar-refractivity contribution in [3.63, 3.8) is 0 Å². The van der Waals surface area contributed by atoms with Gasteiger partial charge in [0.1, 0.15) is 5.82 Å². The van der Waals surface area contributed by atoms with Gasteiger partial charge in [-0.2, -0.15) is 0 Å². The van der Waals surface area contributed by atoms with Crippen LogP contribution in [0.15, 0.2) is 42.5 Å². The summed E-state index contributed by atoms with van der Waals surface area (Å²) in [5, 5.41) is 0. The highest BCUT2D eigenvalue weighted by molar-refractivity contribution is 5.63. The van der Waals surface area contributed by atoms with Crippen LogP contribution in [0.2, 0.25) is 0 Å². The molecule has 0 aromatic heterocycles. The third-order valence-corrected chi connectivity index (χ3v) is 2.12. The van der Waals surface area contributed by atoms with Crippen LogP contribution in [0.1, 0.15) is 5.56 Å². The molecule has 0 saturated carbocycles. The van der Waals surface area contributed by atoms with Crippen LogP contribution >= 0.6 is 0 Å². The molecular formula is C13H10F. The lowest BCUT2D eigenvalue weighted by molar-refractivity contribution is 0.626. The zero-order valence-corrected chi connectivity index (χ0v) is 7.92.